The first-order valence-electron chi connectivity index (χ1n) is 23.4. The van der Waals surface area contributed by atoms with Gasteiger partial charge < -0.3 is 14.2 Å². The zero-order valence-electron chi connectivity index (χ0n) is 37.7. The van der Waals surface area contributed by atoms with Gasteiger partial charge in [0.15, 0.2) is 6.10 Å². The average molecular weight is 817 g/mol. The van der Waals surface area contributed by atoms with E-state index in [-0.39, 0.29) is 37.5 Å². The molecule has 0 aliphatic carbocycles. The van der Waals surface area contributed by atoms with E-state index in [9.17, 15) is 14.4 Å². The van der Waals surface area contributed by atoms with E-state index in [1.54, 1.807) is 0 Å². The van der Waals surface area contributed by atoms with Crippen LogP contribution in [-0.4, -0.2) is 37.2 Å². The SMILES string of the molecule is CC/C=C\C/C=C\C/C=C\C/C=C\CCCCCC(=O)OCC(COC(=O)CCC/C=C\C/C=C\C/C=C\CC)OC(=O)CCCCCCCCC/C=C\C/C=C\CC. The van der Waals surface area contributed by atoms with E-state index in [1.807, 2.05) is 0 Å². The molecule has 6 heteroatoms. The molecule has 1 unspecified atom stereocenters. The Bertz CT molecular complexity index is 1260. The summed E-state index contributed by atoms with van der Waals surface area (Å²) in [6.45, 7) is 6.19. The second kappa shape index (κ2) is 46.8. The van der Waals surface area contributed by atoms with Crippen LogP contribution in [0.15, 0.2) is 109 Å². The van der Waals surface area contributed by atoms with Crippen LogP contribution in [0.3, 0.4) is 0 Å². The smallest absolute Gasteiger partial charge is 0.306 e. The van der Waals surface area contributed by atoms with Gasteiger partial charge in [0.2, 0.25) is 0 Å². The summed E-state index contributed by atoms with van der Waals surface area (Å²) in [5.74, 6) is -1.02. The number of hydrogen-bond donors (Lipinski definition) is 0. The highest BCUT2D eigenvalue weighted by Gasteiger charge is 2.19. The minimum Gasteiger partial charge on any atom is -0.462 e. The van der Waals surface area contributed by atoms with E-state index in [1.165, 1.54) is 25.7 Å². The molecule has 0 aromatic heterocycles. The van der Waals surface area contributed by atoms with Gasteiger partial charge in [0.05, 0.1) is 0 Å². The molecular weight excluding hydrogens is 733 g/mol. The zero-order chi connectivity index (χ0) is 43.0. The first-order valence-corrected chi connectivity index (χ1v) is 23.4. The minimum atomic E-state index is -0.816. The molecule has 0 saturated carbocycles. The number of rotatable bonds is 40. The Morgan fingerprint density at radius 2 is 0.627 bits per heavy atom. The lowest BCUT2D eigenvalue weighted by Gasteiger charge is -2.18. The summed E-state index contributed by atoms with van der Waals surface area (Å²) in [4.78, 5) is 37.8. The summed E-state index contributed by atoms with van der Waals surface area (Å²) < 4.78 is 16.6. The third-order valence-electron chi connectivity index (χ3n) is 9.25. The number of esters is 3. The molecule has 0 aromatic rings. The molecule has 0 heterocycles. The van der Waals surface area contributed by atoms with Crippen molar-refractivity contribution in [2.75, 3.05) is 13.2 Å². The molecule has 0 rings (SSSR count). The summed E-state index contributed by atoms with van der Waals surface area (Å²) in [6.07, 6.45) is 62.2. The summed E-state index contributed by atoms with van der Waals surface area (Å²) in [5, 5.41) is 0. The highest BCUT2D eigenvalue weighted by atomic mass is 16.6. The predicted octanol–water partition coefficient (Wildman–Crippen LogP) is 15.2. The van der Waals surface area contributed by atoms with Crippen molar-refractivity contribution in [3.8, 4) is 0 Å². The van der Waals surface area contributed by atoms with Crippen molar-refractivity contribution in [3.63, 3.8) is 0 Å². The van der Waals surface area contributed by atoms with Gasteiger partial charge >= 0.3 is 17.9 Å². The Morgan fingerprint density at radius 3 is 1.03 bits per heavy atom. The molecule has 6 nitrogen and oxygen atoms in total. The normalized spacial score (nSPS) is 13.1. The van der Waals surface area contributed by atoms with Crippen LogP contribution < -0.4 is 0 Å². The molecule has 0 spiro atoms. The van der Waals surface area contributed by atoms with Gasteiger partial charge in [-0.3, -0.25) is 14.4 Å². The molecule has 59 heavy (non-hydrogen) atoms. The maximum absolute atomic E-state index is 12.7. The molecule has 0 fully saturated rings. The first-order chi connectivity index (χ1) is 29.0. The number of ether oxygens (including phenoxy) is 3. The monoisotopic (exact) mass is 817 g/mol. The van der Waals surface area contributed by atoms with Crippen LogP contribution in [0.5, 0.6) is 0 Å². The number of carbonyl (C=O) groups excluding carboxylic acids is 3. The lowest BCUT2D eigenvalue weighted by Crippen LogP contribution is -2.30. The molecular formula is C53H84O6. The van der Waals surface area contributed by atoms with Crippen LogP contribution in [0.4, 0.5) is 0 Å². The fraction of sp³-hybridized carbons (Fsp3) is 0.604. The van der Waals surface area contributed by atoms with E-state index < -0.39 is 6.10 Å². The van der Waals surface area contributed by atoms with Gasteiger partial charge in [-0.15, -0.1) is 0 Å². The van der Waals surface area contributed by atoms with Crippen molar-refractivity contribution in [2.45, 2.75) is 194 Å². The van der Waals surface area contributed by atoms with Crippen molar-refractivity contribution in [1.29, 1.82) is 0 Å². The quantitative estimate of drug-likeness (QED) is 0.0265. The van der Waals surface area contributed by atoms with Crippen LogP contribution in [0.2, 0.25) is 0 Å². The van der Waals surface area contributed by atoms with Crippen molar-refractivity contribution < 1.29 is 28.6 Å². The Morgan fingerprint density at radius 1 is 0.339 bits per heavy atom. The predicted molar refractivity (Wildman–Crippen MR) is 251 cm³/mol. The molecule has 0 aromatic carbocycles. The number of unbranched alkanes of at least 4 members (excludes halogenated alkanes) is 11. The molecule has 0 radical (unpaired) electrons. The second-order valence-electron chi connectivity index (χ2n) is 14.9. The highest BCUT2D eigenvalue weighted by Crippen LogP contribution is 2.12. The summed E-state index contributed by atoms with van der Waals surface area (Å²) in [7, 11) is 0. The van der Waals surface area contributed by atoms with Crippen LogP contribution in [-0.2, 0) is 28.6 Å². The van der Waals surface area contributed by atoms with Crippen molar-refractivity contribution >= 4 is 17.9 Å². The van der Waals surface area contributed by atoms with E-state index >= 15 is 0 Å². The zero-order valence-corrected chi connectivity index (χ0v) is 37.7. The molecule has 332 valence electrons. The van der Waals surface area contributed by atoms with Crippen LogP contribution in [0.25, 0.3) is 0 Å². The van der Waals surface area contributed by atoms with Gasteiger partial charge in [-0.1, -0.05) is 169 Å². The topological polar surface area (TPSA) is 78.9 Å². The van der Waals surface area contributed by atoms with Crippen molar-refractivity contribution in [1.82, 2.24) is 0 Å². The van der Waals surface area contributed by atoms with Crippen molar-refractivity contribution in [2.24, 2.45) is 0 Å². The lowest BCUT2D eigenvalue weighted by atomic mass is 10.1. The van der Waals surface area contributed by atoms with Gasteiger partial charge in [-0.2, -0.15) is 0 Å². The van der Waals surface area contributed by atoms with E-state index in [4.69, 9.17) is 14.2 Å². The van der Waals surface area contributed by atoms with Gasteiger partial charge in [-0.05, 0) is 109 Å². The fourth-order valence-corrected chi connectivity index (χ4v) is 5.84. The Hall–Kier alpha value is -3.93. The second-order valence-corrected chi connectivity index (χ2v) is 14.9. The third-order valence-corrected chi connectivity index (χ3v) is 9.25. The average Bonchev–Trinajstić information content (AvgIpc) is 3.23. The third kappa shape index (κ3) is 45.0. The van der Waals surface area contributed by atoms with Gasteiger partial charge in [-0.25, -0.2) is 0 Å². The van der Waals surface area contributed by atoms with Gasteiger partial charge in [0.25, 0.3) is 0 Å². The van der Waals surface area contributed by atoms with E-state index in [0.29, 0.717) is 19.3 Å². The Labute approximate surface area is 361 Å². The fourth-order valence-electron chi connectivity index (χ4n) is 5.84. The standard InChI is InChI=1S/C53H84O6/c1-4-7-10-13-16-19-22-24-26-27-29-31-34-37-40-43-46-52(55)58-49-50(48-57-51(54)45-42-39-36-33-30-21-18-15-12-9-6-3)59-53(56)47-44-41-38-35-32-28-25-23-20-17-14-11-8-5-2/h7-12,16-21,24,26,29,31,33,36,50H,4-6,13-15,22-23,25,27-28,30,32,34-35,37-49H2,1-3H3/b10-7-,11-8-,12-9-,19-16-,20-17-,21-18-,26-24-,31-29-,36-33-. The molecule has 0 bridgehead atoms. The molecule has 0 N–H and O–H groups in total. The number of hydrogen-bond acceptors (Lipinski definition) is 6. The Kier molecular flexibility index (Phi) is 43.6. The molecule has 0 aliphatic heterocycles. The molecule has 1 atom stereocenters. The Balaban J connectivity index is 4.52. The maximum Gasteiger partial charge on any atom is 0.306 e. The summed E-state index contributed by atoms with van der Waals surface area (Å²) in [6, 6.07) is 0. The van der Waals surface area contributed by atoms with Crippen LogP contribution in [0.1, 0.15) is 188 Å². The van der Waals surface area contributed by atoms with Crippen LogP contribution in [0, 0.1) is 0 Å². The first kappa shape index (κ1) is 55.1. The number of allylic oxidation sites excluding steroid dienone is 18. The van der Waals surface area contributed by atoms with Gasteiger partial charge in [0, 0.05) is 19.3 Å². The highest BCUT2D eigenvalue weighted by molar-refractivity contribution is 5.71. The van der Waals surface area contributed by atoms with E-state index in [0.717, 1.165) is 116 Å². The summed E-state index contributed by atoms with van der Waals surface area (Å²) in [5.41, 5.74) is 0. The maximum atomic E-state index is 12.7. The molecule has 0 saturated heterocycles. The molecule has 0 amide bonds. The summed E-state index contributed by atoms with van der Waals surface area (Å²) >= 11 is 0. The lowest BCUT2D eigenvalue weighted by molar-refractivity contribution is -0.167. The van der Waals surface area contributed by atoms with Gasteiger partial charge in [0.1, 0.15) is 13.2 Å². The van der Waals surface area contributed by atoms with Crippen molar-refractivity contribution in [3.05, 3.63) is 109 Å². The number of carbonyl (C=O) groups is 3. The minimum absolute atomic E-state index is 0.116. The largest absolute Gasteiger partial charge is 0.462 e. The van der Waals surface area contributed by atoms with E-state index in [2.05, 4.69) is 130 Å². The van der Waals surface area contributed by atoms with Crippen LogP contribution >= 0.6 is 0 Å². The molecule has 0 aliphatic rings.